The van der Waals surface area contributed by atoms with E-state index in [2.05, 4.69) is 39.2 Å². The second-order valence-electron chi connectivity index (χ2n) is 3.64. The number of thiophene rings is 1. The lowest BCUT2D eigenvalue weighted by Gasteiger charge is -2.03. The molecule has 0 aliphatic rings. The first-order chi connectivity index (χ1) is 8.27. The first-order valence-corrected chi connectivity index (χ1v) is 7.22. The van der Waals surface area contributed by atoms with Crippen molar-refractivity contribution < 1.29 is 12.4 Å². The Morgan fingerprint density at radius 3 is 2.94 bits per heavy atom. The summed E-state index contributed by atoms with van der Waals surface area (Å²) in [6.45, 7) is 4.05. The molecule has 0 aromatic carbocycles. The number of rotatable bonds is 6. The predicted octanol–water partition coefficient (Wildman–Crippen LogP) is -1.53. The summed E-state index contributed by atoms with van der Waals surface area (Å²) in [7, 11) is 1.85. The number of thioether (sulfide) groups is 1. The highest BCUT2D eigenvalue weighted by molar-refractivity contribution is 7.99. The van der Waals surface area contributed by atoms with Crippen molar-refractivity contribution in [1.29, 1.82) is 0 Å². The van der Waals surface area contributed by atoms with E-state index in [0.717, 1.165) is 24.0 Å². The Labute approximate surface area is 121 Å². The lowest BCUT2D eigenvalue weighted by molar-refractivity contribution is -0.00000372. The number of aromatic nitrogens is 4. The van der Waals surface area contributed by atoms with Crippen molar-refractivity contribution >= 4 is 23.1 Å². The first-order valence-electron chi connectivity index (χ1n) is 5.36. The molecule has 2 aromatic rings. The minimum Gasteiger partial charge on any atom is -1.00 e. The summed E-state index contributed by atoms with van der Waals surface area (Å²) >= 11 is 3.46. The molecule has 8 heteroatoms. The van der Waals surface area contributed by atoms with Gasteiger partial charge < -0.3 is 17.7 Å². The molecule has 0 aliphatic heterocycles. The topological polar surface area (TPSA) is 55.6 Å². The smallest absolute Gasteiger partial charge is 0.209 e. The largest absolute Gasteiger partial charge is 1.00 e. The van der Waals surface area contributed by atoms with E-state index in [1.54, 1.807) is 27.8 Å². The van der Waals surface area contributed by atoms with Gasteiger partial charge in [0.2, 0.25) is 5.16 Å². The molecule has 0 bridgehead atoms. The van der Waals surface area contributed by atoms with E-state index in [-0.39, 0.29) is 12.4 Å². The molecule has 1 N–H and O–H groups in total. The zero-order valence-electron chi connectivity index (χ0n) is 10.3. The molecule has 18 heavy (non-hydrogen) atoms. The van der Waals surface area contributed by atoms with Gasteiger partial charge in [-0.25, -0.2) is 4.68 Å². The van der Waals surface area contributed by atoms with Crippen LogP contribution in [0.3, 0.4) is 0 Å². The van der Waals surface area contributed by atoms with Crippen molar-refractivity contribution in [3.8, 4) is 0 Å². The fraction of sp³-hybridized carbons (Fsp3) is 0.500. The molecule has 0 fully saturated rings. The van der Waals surface area contributed by atoms with E-state index in [9.17, 15) is 0 Å². The van der Waals surface area contributed by atoms with Gasteiger partial charge >= 0.3 is 0 Å². The molecule has 0 amide bonds. The van der Waals surface area contributed by atoms with Crippen LogP contribution in [0.15, 0.2) is 16.6 Å². The highest BCUT2D eigenvalue weighted by atomic mass is 35.5. The third-order valence-corrected chi connectivity index (χ3v) is 4.38. The van der Waals surface area contributed by atoms with Gasteiger partial charge in [-0.3, -0.25) is 0 Å². The monoisotopic (exact) mass is 304 g/mol. The molecule has 2 aromatic heterocycles. The quantitative estimate of drug-likeness (QED) is 0.518. The molecule has 0 radical (unpaired) electrons. The van der Waals surface area contributed by atoms with Crippen molar-refractivity contribution in [1.82, 2.24) is 25.5 Å². The maximum Gasteiger partial charge on any atom is 0.209 e. The Morgan fingerprint density at radius 2 is 2.33 bits per heavy atom. The van der Waals surface area contributed by atoms with Gasteiger partial charge in [0.05, 0.1) is 0 Å². The van der Waals surface area contributed by atoms with E-state index in [4.69, 9.17) is 0 Å². The second kappa shape index (κ2) is 7.73. The average Bonchev–Trinajstić information content (AvgIpc) is 2.89. The van der Waals surface area contributed by atoms with Crippen LogP contribution >= 0.6 is 23.1 Å². The van der Waals surface area contributed by atoms with Crippen LogP contribution in [0.1, 0.15) is 10.4 Å². The first kappa shape index (κ1) is 15.4. The Bertz CT molecular complexity index is 428. The highest BCUT2D eigenvalue weighted by Gasteiger charge is 2.02. The predicted molar refractivity (Wildman–Crippen MR) is 70.3 cm³/mol. The summed E-state index contributed by atoms with van der Waals surface area (Å²) in [6.07, 6.45) is 0. The summed E-state index contributed by atoms with van der Waals surface area (Å²) in [5.74, 6) is 0.971. The number of tetrazole rings is 1. The number of aryl methyl sites for hydroxylation is 2. The van der Waals surface area contributed by atoms with E-state index in [1.807, 2.05) is 7.05 Å². The van der Waals surface area contributed by atoms with Crippen LogP contribution in [-0.4, -0.2) is 32.5 Å². The maximum atomic E-state index is 3.92. The summed E-state index contributed by atoms with van der Waals surface area (Å²) in [5, 5.41) is 17.7. The number of nitrogens with zero attached hydrogens (tertiary/aromatic N) is 4. The maximum absolute atomic E-state index is 3.92. The Hall–Kier alpha value is -0.630. The van der Waals surface area contributed by atoms with E-state index in [0.29, 0.717) is 0 Å². The minimum atomic E-state index is 0. The standard InChI is InChI=1S/C10H15N5S2.ClH/c1-8-3-5-16-9(8)7-11-4-6-17-10-12-13-14-15(10)2;/h3,5,11H,4,6-7H2,1-2H3;1H/p-1. The number of halogens is 1. The van der Waals surface area contributed by atoms with Crippen LogP contribution in [0.2, 0.25) is 0 Å². The number of nitrogens with one attached hydrogen (secondary N) is 1. The van der Waals surface area contributed by atoms with Crippen LogP contribution in [0.4, 0.5) is 0 Å². The average molecular weight is 305 g/mol. The highest BCUT2D eigenvalue weighted by Crippen LogP contribution is 2.15. The summed E-state index contributed by atoms with van der Waals surface area (Å²) in [4.78, 5) is 1.41. The van der Waals surface area contributed by atoms with Gasteiger partial charge in [-0.2, -0.15) is 0 Å². The van der Waals surface area contributed by atoms with Crippen molar-refractivity contribution in [3.05, 3.63) is 21.9 Å². The molecular weight excluding hydrogens is 290 g/mol. The van der Waals surface area contributed by atoms with Gasteiger partial charge in [-0.1, -0.05) is 11.8 Å². The normalized spacial score (nSPS) is 10.3. The Kier molecular flexibility index (Phi) is 6.62. The molecular formula is C10H15ClN5S2-. The van der Waals surface area contributed by atoms with Crippen molar-refractivity contribution in [2.45, 2.75) is 18.6 Å². The van der Waals surface area contributed by atoms with Crippen LogP contribution in [0, 0.1) is 6.92 Å². The van der Waals surface area contributed by atoms with Crippen LogP contribution in [0.25, 0.3) is 0 Å². The van der Waals surface area contributed by atoms with Gasteiger partial charge in [0.25, 0.3) is 0 Å². The van der Waals surface area contributed by atoms with E-state index < -0.39 is 0 Å². The van der Waals surface area contributed by atoms with Crippen molar-refractivity contribution in [2.24, 2.45) is 7.05 Å². The summed E-state index contributed by atoms with van der Waals surface area (Å²) in [6, 6.07) is 2.15. The fourth-order valence-corrected chi connectivity index (χ4v) is 2.97. The van der Waals surface area contributed by atoms with E-state index >= 15 is 0 Å². The van der Waals surface area contributed by atoms with E-state index in [1.165, 1.54) is 10.4 Å². The molecule has 0 atom stereocenters. The second-order valence-corrected chi connectivity index (χ2v) is 5.70. The lowest BCUT2D eigenvalue weighted by atomic mass is 10.3. The third-order valence-electron chi connectivity index (χ3n) is 2.34. The Balaban J connectivity index is 0.00000162. The molecule has 0 aliphatic carbocycles. The van der Waals surface area contributed by atoms with Crippen molar-refractivity contribution in [3.63, 3.8) is 0 Å². The van der Waals surface area contributed by atoms with Gasteiger partial charge in [-0.05, 0) is 34.4 Å². The number of hydrogen-bond donors (Lipinski definition) is 1. The van der Waals surface area contributed by atoms with Gasteiger partial charge in [0, 0.05) is 30.8 Å². The molecule has 100 valence electrons. The number of hydrogen-bond acceptors (Lipinski definition) is 6. The van der Waals surface area contributed by atoms with Crippen molar-refractivity contribution in [2.75, 3.05) is 12.3 Å². The minimum absolute atomic E-state index is 0. The zero-order valence-corrected chi connectivity index (χ0v) is 12.6. The Morgan fingerprint density at radius 1 is 1.50 bits per heavy atom. The SMILES string of the molecule is Cc1ccsc1CNCCSc1nnnn1C.[Cl-]. The lowest BCUT2D eigenvalue weighted by Crippen LogP contribution is -3.00. The summed E-state index contributed by atoms with van der Waals surface area (Å²) < 4.78 is 1.69. The van der Waals surface area contributed by atoms with Crippen LogP contribution < -0.4 is 17.7 Å². The van der Waals surface area contributed by atoms with Gasteiger partial charge in [0.15, 0.2) is 0 Å². The molecule has 5 nitrogen and oxygen atoms in total. The molecule has 0 spiro atoms. The molecule has 0 unspecified atom stereocenters. The summed E-state index contributed by atoms with van der Waals surface area (Å²) in [5.41, 5.74) is 1.37. The molecule has 2 heterocycles. The van der Waals surface area contributed by atoms with Gasteiger partial charge in [-0.15, -0.1) is 16.4 Å². The molecule has 0 saturated carbocycles. The third kappa shape index (κ3) is 4.24. The molecule has 2 rings (SSSR count). The zero-order chi connectivity index (χ0) is 12.1. The van der Waals surface area contributed by atoms with Crippen LogP contribution in [0.5, 0.6) is 0 Å². The van der Waals surface area contributed by atoms with Crippen LogP contribution in [-0.2, 0) is 13.6 Å². The van der Waals surface area contributed by atoms with Gasteiger partial charge in [0.1, 0.15) is 0 Å². The molecule has 0 saturated heterocycles. The fourth-order valence-electron chi connectivity index (χ4n) is 1.35.